The van der Waals surface area contributed by atoms with Crippen LogP contribution < -0.4 is 5.32 Å². The highest BCUT2D eigenvalue weighted by Crippen LogP contribution is 2.43. The molecule has 0 fully saturated rings. The zero-order valence-corrected chi connectivity index (χ0v) is 52.9. The Labute approximate surface area is 475 Å². The molecule has 3 unspecified atom stereocenters. The molecule has 8 nitrogen and oxygen atoms in total. The highest BCUT2D eigenvalue weighted by Gasteiger charge is 2.28. The summed E-state index contributed by atoms with van der Waals surface area (Å²) in [6, 6.07) is -0.759. The molecule has 0 aromatic carbocycles. The summed E-state index contributed by atoms with van der Waals surface area (Å²) in [7, 11) is 1.64. The van der Waals surface area contributed by atoms with Crippen molar-refractivity contribution < 1.29 is 32.9 Å². The van der Waals surface area contributed by atoms with Crippen LogP contribution in [0.25, 0.3) is 0 Å². The van der Waals surface area contributed by atoms with Gasteiger partial charge < -0.3 is 19.8 Å². The first-order chi connectivity index (χ1) is 37.0. The molecular weight excluding hydrogens is 960 g/mol. The van der Waals surface area contributed by atoms with Crippen LogP contribution in [0.2, 0.25) is 0 Å². The molecule has 76 heavy (non-hydrogen) atoms. The highest BCUT2D eigenvalue weighted by atomic mass is 31.2. The fourth-order valence-electron chi connectivity index (χ4n) is 10.7. The molecule has 0 radical (unpaired) electrons. The number of rotatable bonds is 64. The van der Waals surface area contributed by atoms with Crippen molar-refractivity contribution >= 4 is 13.7 Å². The number of likely N-dealkylation sites (N-methyl/N-ethyl adjacent to an activating group) is 1. The van der Waals surface area contributed by atoms with Crippen LogP contribution in [0, 0.1) is 0 Å². The molecule has 0 saturated carbocycles. The first-order valence-electron chi connectivity index (χ1n) is 34.1. The van der Waals surface area contributed by atoms with Gasteiger partial charge in [0, 0.05) is 6.42 Å². The number of amides is 1. The van der Waals surface area contributed by atoms with Crippen LogP contribution in [0.15, 0.2) is 12.2 Å². The minimum atomic E-state index is -4.33. The van der Waals surface area contributed by atoms with E-state index < -0.39 is 20.0 Å². The van der Waals surface area contributed by atoms with Gasteiger partial charge in [0.05, 0.1) is 39.9 Å². The van der Waals surface area contributed by atoms with Crippen molar-refractivity contribution in [2.45, 2.75) is 373 Å². The van der Waals surface area contributed by atoms with E-state index in [1.54, 1.807) is 0 Å². The quantitative estimate of drug-likeness (QED) is 0.0243. The largest absolute Gasteiger partial charge is 0.472 e. The minimum Gasteiger partial charge on any atom is -0.391 e. The number of hydrogen-bond acceptors (Lipinski definition) is 5. The second-order valence-corrected chi connectivity index (χ2v) is 26.4. The number of unbranched alkanes of at least 4 members (excludes halogenated alkanes) is 49. The third-order valence-electron chi connectivity index (χ3n) is 16.0. The van der Waals surface area contributed by atoms with Crippen LogP contribution in [0.4, 0.5) is 0 Å². The van der Waals surface area contributed by atoms with E-state index in [-0.39, 0.29) is 19.1 Å². The number of phosphoric acid groups is 1. The second-order valence-electron chi connectivity index (χ2n) is 24.9. The van der Waals surface area contributed by atoms with Gasteiger partial charge >= 0.3 is 7.82 Å². The lowest BCUT2D eigenvalue weighted by atomic mass is 10.0. The van der Waals surface area contributed by atoms with Gasteiger partial charge in [-0.15, -0.1) is 0 Å². The van der Waals surface area contributed by atoms with Crippen molar-refractivity contribution in [2.24, 2.45) is 0 Å². The van der Waals surface area contributed by atoms with Gasteiger partial charge in [0.2, 0.25) is 5.91 Å². The van der Waals surface area contributed by atoms with Crippen molar-refractivity contribution in [3.8, 4) is 0 Å². The fraction of sp³-hybridized carbons (Fsp3) is 0.955. The molecule has 0 heterocycles. The van der Waals surface area contributed by atoms with Gasteiger partial charge in [-0.1, -0.05) is 328 Å². The van der Waals surface area contributed by atoms with Crippen LogP contribution in [-0.2, 0) is 18.4 Å². The number of phosphoric ester groups is 1. The Bertz CT molecular complexity index is 1240. The number of nitrogens with zero attached hydrogens (tertiary/aromatic N) is 1. The van der Waals surface area contributed by atoms with E-state index in [0.29, 0.717) is 23.9 Å². The summed E-state index contributed by atoms with van der Waals surface area (Å²) >= 11 is 0. The lowest BCUT2D eigenvalue weighted by molar-refractivity contribution is -0.870. The second kappa shape index (κ2) is 58.9. The first kappa shape index (κ1) is 75.2. The molecule has 0 rings (SSSR count). The van der Waals surface area contributed by atoms with Crippen LogP contribution in [-0.4, -0.2) is 73.4 Å². The fourth-order valence-corrected chi connectivity index (χ4v) is 11.4. The Morgan fingerprint density at radius 2 is 0.711 bits per heavy atom. The van der Waals surface area contributed by atoms with Gasteiger partial charge in [0.25, 0.3) is 0 Å². The van der Waals surface area contributed by atoms with Gasteiger partial charge in [-0.3, -0.25) is 13.8 Å². The molecule has 454 valence electrons. The normalized spacial score (nSPS) is 13.7. The van der Waals surface area contributed by atoms with Gasteiger partial charge in [-0.05, 0) is 38.5 Å². The summed E-state index contributed by atoms with van der Waals surface area (Å²) in [4.78, 5) is 23.4. The van der Waals surface area contributed by atoms with E-state index in [1.165, 1.54) is 295 Å². The number of nitrogens with one attached hydrogen (secondary N) is 1. The van der Waals surface area contributed by atoms with Crippen molar-refractivity contribution in [3.05, 3.63) is 12.2 Å². The molecule has 0 aromatic heterocycles. The average molecular weight is 1100 g/mol. The minimum absolute atomic E-state index is 0.0780. The number of allylic oxidation sites excluding steroid dienone is 2. The molecule has 0 aliphatic carbocycles. The maximum Gasteiger partial charge on any atom is 0.472 e. The number of carbonyl (C=O) groups is 1. The van der Waals surface area contributed by atoms with E-state index in [1.807, 2.05) is 21.1 Å². The monoisotopic (exact) mass is 1100 g/mol. The standard InChI is InChI=1S/C67H135N2O6P/c1-6-8-10-12-14-16-18-20-22-24-26-28-30-32-34-36-38-40-42-44-46-48-50-52-54-56-58-60-66(70)65(64-75-76(72,73)74-63-62-69(3,4)5)68-67(71)61-59-57-55-53-51-49-47-45-43-41-39-37-35-33-31-29-27-25-23-21-19-17-15-13-11-9-7-2/h25,27,65-66,70H,6-24,26,28-64H2,1-5H3,(H-,68,71,72,73)/p+1/b27-25-. The molecule has 9 heteroatoms. The molecule has 0 spiro atoms. The number of hydrogen-bond donors (Lipinski definition) is 3. The topological polar surface area (TPSA) is 105 Å². The lowest BCUT2D eigenvalue weighted by Gasteiger charge is -2.26. The Balaban J connectivity index is 4.03. The Kier molecular flexibility index (Phi) is 58.3. The predicted molar refractivity (Wildman–Crippen MR) is 332 cm³/mol. The zero-order valence-electron chi connectivity index (χ0n) is 52.0. The first-order valence-corrected chi connectivity index (χ1v) is 35.5. The van der Waals surface area contributed by atoms with E-state index in [0.717, 1.165) is 38.5 Å². The zero-order chi connectivity index (χ0) is 55.6. The van der Waals surface area contributed by atoms with Gasteiger partial charge in [0.1, 0.15) is 13.2 Å². The molecule has 0 aromatic rings. The van der Waals surface area contributed by atoms with Crippen molar-refractivity contribution in [1.29, 1.82) is 0 Å². The van der Waals surface area contributed by atoms with Crippen molar-refractivity contribution in [2.75, 3.05) is 40.9 Å². The molecule has 0 aliphatic rings. The maximum absolute atomic E-state index is 13.1. The Morgan fingerprint density at radius 3 is 1.01 bits per heavy atom. The maximum atomic E-state index is 13.1. The van der Waals surface area contributed by atoms with Crippen LogP contribution in [0.3, 0.4) is 0 Å². The molecule has 3 atom stereocenters. The third kappa shape index (κ3) is 60.9. The Morgan fingerprint density at radius 1 is 0.434 bits per heavy atom. The molecule has 0 bridgehead atoms. The van der Waals surface area contributed by atoms with Crippen LogP contribution >= 0.6 is 7.82 Å². The molecule has 0 saturated heterocycles. The number of aliphatic hydroxyl groups is 1. The highest BCUT2D eigenvalue weighted by molar-refractivity contribution is 7.47. The smallest absolute Gasteiger partial charge is 0.391 e. The SMILES string of the molecule is CCCCCCCCCC/C=C\CCCCCCCCCCCCCCCCCC(=O)NC(COP(=O)(O)OCC[N+](C)(C)C)C(O)CCCCCCCCCCCCCCCCCCCCCCCCCCCCC. The number of carbonyl (C=O) groups excluding carboxylic acids is 1. The van der Waals surface area contributed by atoms with Gasteiger partial charge in [-0.2, -0.15) is 0 Å². The molecular formula is C67H136N2O6P+. The number of aliphatic hydroxyl groups excluding tert-OH is 1. The lowest BCUT2D eigenvalue weighted by Crippen LogP contribution is -2.46. The summed E-state index contributed by atoms with van der Waals surface area (Å²) in [5.41, 5.74) is 0. The van der Waals surface area contributed by atoms with E-state index in [4.69, 9.17) is 9.05 Å². The predicted octanol–water partition coefficient (Wildman–Crippen LogP) is 21.3. The van der Waals surface area contributed by atoms with Crippen LogP contribution in [0.1, 0.15) is 361 Å². The summed E-state index contributed by atoms with van der Waals surface area (Å²) < 4.78 is 23.9. The van der Waals surface area contributed by atoms with Crippen LogP contribution in [0.5, 0.6) is 0 Å². The average Bonchev–Trinajstić information content (AvgIpc) is 3.38. The molecule has 1 amide bonds. The van der Waals surface area contributed by atoms with E-state index in [2.05, 4.69) is 31.3 Å². The Hall–Kier alpha value is -0.760. The van der Waals surface area contributed by atoms with Crippen molar-refractivity contribution in [3.63, 3.8) is 0 Å². The molecule has 3 N–H and O–H groups in total. The molecule has 0 aliphatic heterocycles. The summed E-state index contributed by atoms with van der Waals surface area (Å²) in [5.74, 6) is -0.136. The van der Waals surface area contributed by atoms with Gasteiger partial charge in [0.15, 0.2) is 0 Å². The van der Waals surface area contributed by atoms with Crippen molar-refractivity contribution in [1.82, 2.24) is 5.32 Å². The summed E-state index contributed by atoms with van der Waals surface area (Å²) in [5, 5.41) is 14.1. The summed E-state index contributed by atoms with van der Waals surface area (Å²) in [6.45, 7) is 4.95. The third-order valence-corrected chi connectivity index (χ3v) is 17.0. The number of quaternary nitrogens is 1. The van der Waals surface area contributed by atoms with E-state index >= 15 is 0 Å². The summed E-state index contributed by atoms with van der Waals surface area (Å²) in [6.07, 6.45) is 74.5. The van der Waals surface area contributed by atoms with Gasteiger partial charge in [-0.25, -0.2) is 4.57 Å². The van der Waals surface area contributed by atoms with E-state index in [9.17, 15) is 19.4 Å².